The lowest BCUT2D eigenvalue weighted by molar-refractivity contribution is 0.661. The van der Waals surface area contributed by atoms with E-state index >= 15 is 0 Å². The fourth-order valence-corrected chi connectivity index (χ4v) is 4.01. The molecule has 0 bridgehead atoms. The Kier molecular flexibility index (Phi) is 3.49. The molecule has 0 saturated heterocycles. The summed E-state index contributed by atoms with van der Waals surface area (Å²) in [6, 6.07) is 9.37. The predicted octanol–water partition coefficient (Wildman–Crippen LogP) is 4.11. The van der Waals surface area contributed by atoms with Crippen LogP contribution in [0.4, 0.5) is 0 Å². The quantitative estimate of drug-likeness (QED) is 0.768. The van der Waals surface area contributed by atoms with E-state index in [2.05, 4.69) is 52.5 Å². The number of aromatic nitrogens is 2. The van der Waals surface area contributed by atoms with Crippen LogP contribution in [0.15, 0.2) is 45.8 Å². The molecule has 108 valence electrons. The summed E-state index contributed by atoms with van der Waals surface area (Å²) < 4.78 is 2.22. The molecule has 0 radical (unpaired) electrons. The molecular formula is C16H17N3S2. The number of fused-ring (bicyclic) bond motifs is 1. The Morgan fingerprint density at radius 2 is 2.14 bits per heavy atom. The topological polar surface area (TPSA) is 29.3 Å². The number of thiazole rings is 1. The van der Waals surface area contributed by atoms with Crippen LogP contribution in [0.3, 0.4) is 0 Å². The molecule has 0 atom stereocenters. The first kappa shape index (κ1) is 13.4. The van der Waals surface area contributed by atoms with Crippen LogP contribution in [-0.4, -0.2) is 15.4 Å². The Balaban J connectivity index is 1.64. The molecule has 2 heterocycles. The molecule has 3 nitrogen and oxygen atoms in total. The van der Waals surface area contributed by atoms with Crippen molar-refractivity contribution in [3.63, 3.8) is 0 Å². The lowest BCUT2D eigenvalue weighted by Gasteiger charge is -2.05. The Morgan fingerprint density at radius 3 is 2.90 bits per heavy atom. The zero-order chi connectivity index (χ0) is 14.2. The number of aryl methyl sites for hydroxylation is 1. The molecule has 1 fully saturated rings. The first-order valence-electron chi connectivity index (χ1n) is 7.22. The molecule has 21 heavy (non-hydrogen) atoms. The lowest BCUT2D eigenvalue weighted by Crippen LogP contribution is -2.16. The minimum Gasteiger partial charge on any atom is -0.308 e. The highest BCUT2D eigenvalue weighted by Gasteiger charge is 2.22. The van der Waals surface area contributed by atoms with E-state index in [0.29, 0.717) is 6.04 Å². The molecule has 1 aromatic carbocycles. The van der Waals surface area contributed by atoms with Gasteiger partial charge in [-0.05, 0) is 31.9 Å². The molecule has 0 amide bonds. The second-order valence-corrected chi connectivity index (χ2v) is 7.42. The summed E-state index contributed by atoms with van der Waals surface area (Å²) in [7, 11) is 0. The van der Waals surface area contributed by atoms with E-state index in [1.807, 2.05) is 0 Å². The normalized spacial score (nSPS) is 14.9. The van der Waals surface area contributed by atoms with Crippen molar-refractivity contribution in [3.05, 3.63) is 47.1 Å². The third-order valence-electron chi connectivity index (χ3n) is 3.70. The second kappa shape index (κ2) is 5.48. The Morgan fingerprint density at radius 1 is 1.33 bits per heavy atom. The van der Waals surface area contributed by atoms with E-state index in [1.54, 1.807) is 23.1 Å². The number of nitrogens with one attached hydrogen (secondary N) is 1. The average Bonchev–Trinajstić information content (AvgIpc) is 3.10. The highest BCUT2D eigenvalue weighted by molar-refractivity contribution is 7.99. The first-order chi connectivity index (χ1) is 10.3. The molecule has 0 spiro atoms. The molecule has 1 N–H and O–H groups in total. The number of rotatable bonds is 5. The monoisotopic (exact) mass is 315 g/mol. The molecule has 4 rings (SSSR count). The number of nitrogens with zero attached hydrogens (tertiary/aromatic N) is 2. The van der Waals surface area contributed by atoms with Gasteiger partial charge < -0.3 is 5.32 Å². The second-order valence-electron chi connectivity index (χ2n) is 5.49. The zero-order valence-electron chi connectivity index (χ0n) is 11.9. The molecule has 0 unspecified atom stereocenters. The van der Waals surface area contributed by atoms with Crippen molar-refractivity contribution >= 4 is 28.1 Å². The van der Waals surface area contributed by atoms with Crippen LogP contribution in [0.2, 0.25) is 0 Å². The van der Waals surface area contributed by atoms with Crippen molar-refractivity contribution < 1.29 is 0 Å². The van der Waals surface area contributed by atoms with Crippen molar-refractivity contribution in [2.24, 2.45) is 0 Å². The van der Waals surface area contributed by atoms with Gasteiger partial charge in [-0.1, -0.05) is 29.5 Å². The largest absolute Gasteiger partial charge is 0.308 e. The Labute approximate surface area is 132 Å². The van der Waals surface area contributed by atoms with Crippen molar-refractivity contribution in [2.45, 2.75) is 42.3 Å². The van der Waals surface area contributed by atoms with Gasteiger partial charge in [0.2, 0.25) is 0 Å². The summed E-state index contributed by atoms with van der Waals surface area (Å²) in [5, 5.41) is 6.83. The maximum Gasteiger partial charge on any atom is 0.194 e. The van der Waals surface area contributed by atoms with Crippen molar-refractivity contribution in [3.8, 4) is 0 Å². The average molecular weight is 315 g/mol. The SMILES string of the molecule is Cc1ccc(Sc2nc3sccn3c2CNC2CC2)cc1. The molecule has 5 heteroatoms. The van der Waals surface area contributed by atoms with Crippen LogP contribution in [-0.2, 0) is 6.54 Å². The van der Waals surface area contributed by atoms with Gasteiger partial charge in [0.05, 0.1) is 5.69 Å². The van der Waals surface area contributed by atoms with Gasteiger partial charge in [0.1, 0.15) is 5.03 Å². The van der Waals surface area contributed by atoms with Crippen LogP contribution in [0.1, 0.15) is 24.1 Å². The van der Waals surface area contributed by atoms with E-state index < -0.39 is 0 Å². The molecular weight excluding hydrogens is 298 g/mol. The summed E-state index contributed by atoms with van der Waals surface area (Å²) in [5.41, 5.74) is 2.57. The number of hydrogen-bond acceptors (Lipinski definition) is 4. The van der Waals surface area contributed by atoms with Gasteiger partial charge >= 0.3 is 0 Å². The molecule has 1 saturated carbocycles. The molecule has 0 aliphatic heterocycles. The summed E-state index contributed by atoms with van der Waals surface area (Å²) in [4.78, 5) is 7.12. The zero-order valence-corrected chi connectivity index (χ0v) is 13.5. The first-order valence-corrected chi connectivity index (χ1v) is 8.91. The van der Waals surface area contributed by atoms with Crippen LogP contribution >= 0.6 is 23.1 Å². The van der Waals surface area contributed by atoms with E-state index in [9.17, 15) is 0 Å². The summed E-state index contributed by atoms with van der Waals surface area (Å²) in [5.74, 6) is 0. The van der Waals surface area contributed by atoms with Gasteiger partial charge in [0, 0.05) is 29.1 Å². The molecule has 2 aromatic heterocycles. The smallest absolute Gasteiger partial charge is 0.194 e. The Hall–Kier alpha value is -1.30. The Bertz CT molecular complexity index is 754. The predicted molar refractivity (Wildman–Crippen MR) is 88.2 cm³/mol. The fourth-order valence-electron chi connectivity index (χ4n) is 2.30. The van der Waals surface area contributed by atoms with Gasteiger partial charge in [0.25, 0.3) is 0 Å². The van der Waals surface area contributed by atoms with E-state index in [0.717, 1.165) is 16.5 Å². The van der Waals surface area contributed by atoms with Crippen LogP contribution in [0.25, 0.3) is 4.96 Å². The van der Waals surface area contributed by atoms with Crippen LogP contribution in [0, 0.1) is 6.92 Å². The highest BCUT2D eigenvalue weighted by Crippen LogP contribution is 2.32. The standard InChI is InChI=1S/C16H17N3S2/c1-11-2-6-13(7-3-11)21-15-14(10-17-12-4-5-12)19-8-9-20-16(19)18-15/h2-3,6-9,12,17H,4-5,10H2,1H3. The number of benzene rings is 1. The maximum atomic E-state index is 4.79. The summed E-state index contributed by atoms with van der Waals surface area (Å²) in [6.45, 7) is 3.02. The molecule has 1 aliphatic rings. The third-order valence-corrected chi connectivity index (χ3v) is 5.48. The minimum atomic E-state index is 0.714. The highest BCUT2D eigenvalue weighted by atomic mass is 32.2. The van der Waals surface area contributed by atoms with Crippen molar-refractivity contribution in [1.82, 2.24) is 14.7 Å². The minimum absolute atomic E-state index is 0.714. The third kappa shape index (κ3) is 2.86. The van der Waals surface area contributed by atoms with Gasteiger partial charge in [0.15, 0.2) is 4.96 Å². The van der Waals surface area contributed by atoms with E-state index in [1.165, 1.54) is 29.0 Å². The van der Waals surface area contributed by atoms with Gasteiger partial charge in [-0.2, -0.15) is 0 Å². The van der Waals surface area contributed by atoms with E-state index in [-0.39, 0.29) is 0 Å². The van der Waals surface area contributed by atoms with Crippen LogP contribution in [0.5, 0.6) is 0 Å². The number of imidazole rings is 1. The van der Waals surface area contributed by atoms with E-state index in [4.69, 9.17) is 4.98 Å². The van der Waals surface area contributed by atoms with Crippen molar-refractivity contribution in [2.75, 3.05) is 0 Å². The van der Waals surface area contributed by atoms with Gasteiger partial charge in [-0.3, -0.25) is 4.40 Å². The van der Waals surface area contributed by atoms with Gasteiger partial charge in [-0.15, -0.1) is 11.3 Å². The summed E-state index contributed by atoms with van der Waals surface area (Å²) in [6.07, 6.45) is 4.74. The number of hydrogen-bond donors (Lipinski definition) is 1. The van der Waals surface area contributed by atoms with Gasteiger partial charge in [-0.25, -0.2) is 4.98 Å². The lowest BCUT2D eigenvalue weighted by atomic mass is 10.2. The fraction of sp³-hybridized carbons (Fsp3) is 0.312. The van der Waals surface area contributed by atoms with Crippen molar-refractivity contribution in [1.29, 1.82) is 0 Å². The molecule has 3 aromatic rings. The van der Waals surface area contributed by atoms with Crippen LogP contribution < -0.4 is 5.32 Å². The summed E-state index contributed by atoms with van der Waals surface area (Å²) >= 11 is 3.46. The molecule has 1 aliphatic carbocycles. The maximum absolute atomic E-state index is 4.79.